The van der Waals surface area contributed by atoms with Gasteiger partial charge in [-0.15, -0.1) is 0 Å². The Morgan fingerprint density at radius 3 is 2.73 bits per heavy atom. The van der Waals surface area contributed by atoms with Crippen LogP contribution in [0.15, 0.2) is 12.2 Å². The Kier molecular flexibility index (Phi) is 1.47. The summed E-state index contributed by atoms with van der Waals surface area (Å²) >= 11 is 0. The van der Waals surface area contributed by atoms with Gasteiger partial charge in [0, 0.05) is 12.3 Å². The van der Waals surface area contributed by atoms with Gasteiger partial charge in [-0.25, -0.2) is 0 Å². The van der Waals surface area contributed by atoms with Gasteiger partial charge in [-0.2, -0.15) is 5.26 Å². The summed E-state index contributed by atoms with van der Waals surface area (Å²) in [5, 5.41) is 8.54. The summed E-state index contributed by atoms with van der Waals surface area (Å²) in [6, 6.07) is 2.21. The van der Waals surface area contributed by atoms with Gasteiger partial charge in [0.05, 0.1) is 18.3 Å². The van der Waals surface area contributed by atoms with Crippen molar-refractivity contribution in [1.29, 1.82) is 5.26 Å². The van der Waals surface area contributed by atoms with Crippen LogP contribution in [0, 0.1) is 23.2 Å². The average Bonchev–Trinajstić information content (AvgIpc) is 2.54. The van der Waals surface area contributed by atoms with Crippen LogP contribution in [0.1, 0.15) is 13.3 Å². The third-order valence-corrected chi connectivity index (χ3v) is 2.75. The molecule has 0 amide bonds. The zero-order chi connectivity index (χ0) is 7.84. The fourth-order valence-electron chi connectivity index (χ4n) is 1.98. The molecule has 2 aliphatic rings. The van der Waals surface area contributed by atoms with Gasteiger partial charge in [-0.3, -0.25) is 0 Å². The van der Waals surface area contributed by atoms with E-state index in [0.29, 0.717) is 24.4 Å². The highest BCUT2D eigenvalue weighted by Crippen LogP contribution is 2.40. The van der Waals surface area contributed by atoms with Crippen molar-refractivity contribution in [2.45, 2.75) is 25.6 Å². The number of hydrogen-bond donors (Lipinski definition) is 0. The van der Waals surface area contributed by atoms with Crippen molar-refractivity contribution in [1.82, 2.24) is 0 Å². The molecule has 2 bridgehead atoms. The molecule has 2 heterocycles. The van der Waals surface area contributed by atoms with Gasteiger partial charge in [0.25, 0.3) is 0 Å². The van der Waals surface area contributed by atoms with Crippen molar-refractivity contribution >= 4 is 0 Å². The fourth-order valence-corrected chi connectivity index (χ4v) is 1.98. The second kappa shape index (κ2) is 2.35. The molecule has 2 nitrogen and oxygen atoms in total. The van der Waals surface area contributed by atoms with Crippen LogP contribution in [-0.2, 0) is 4.74 Å². The zero-order valence-electron chi connectivity index (χ0n) is 6.53. The SMILES string of the molecule is C[C@H]1C2C=C[C@@H](O2)[C@H]1CC#N. The quantitative estimate of drug-likeness (QED) is 0.529. The monoisotopic (exact) mass is 149 g/mol. The highest BCUT2D eigenvalue weighted by molar-refractivity contribution is 5.14. The predicted molar refractivity (Wildman–Crippen MR) is 40.7 cm³/mol. The largest absolute Gasteiger partial charge is 0.366 e. The molecule has 2 aliphatic heterocycles. The van der Waals surface area contributed by atoms with Crippen LogP contribution < -0.4 is 0 Å². The van der Waals surface area contributed by atoms with Crippen molar-refractivity contribution < 1.29 is 4.74 Å². The molecule has 0 spiro atoms. The average molecular weight is 149 g/mol. The number of rotatable bonds is 1. The molecular weight excluding hydrogens is 138 g/mol. The molecule has 1 saturated heterocycles. The summed E-state index contributed by atoms with van der Waals surface area (Å²) in [5.74, 6) is 0.972. The molecule has 0 radical (unpaired) electrons. The van der Waals surface area contributed by atoms with E-state index in [9.17, 15) is 0 Å². The normalized spacial score (nSPS) is 46.2. The Hall–Kier alpha value is -0.810. The lowest BCUT2D eigenvalue weighted by atomic mass is 9.83. The minimum absolute atomic E-state index is 0.231. The molecule has 11 heavy (non-hydrogen) atoms. The van der Waals surface area contributed by atoms with E-state index in [2.05, 4.69) is 25.1 Å². The lowest BCUT2D eigenvalue weighted by molar-refractivity contribution is 0.104. The molecule has 0 aromatic rings. The molecule has 0 N–H and O–H groups in total. The van der Waals surface area contributed by atoms with Gasteiger partial charge in [-0.1, -0.05) is 19.1 Å². The Labute approximate surface area is 66.5 Å². The molecule has 2 rings (SSSR count). The minimum Gasteiger partial charge on any atom is -0.366 e. The molecule has 1 unspecified atom stereocenters. The van der Waals surface area contributed by atoms with Gasteiger partial charge >= 0.3 is 0 Å². The first-order chi connectivity index (χ1) is 5.33. The van der Waals surface area contributed by atoms with Gasteiger partial charge in [0.1, 0.15) is 0 Å². The number of hydrogen-bond acceptors (Lipinski definition) is 2. The first kappa shape index (κ1) is 6.87. The fraction of sp³-hybridized carbons (Fsp3) is 0.667. The molecule has 0 saturated carbocycles. The second-order valence-corrected chi connectivity index (χ2v) is 3.34. The van der Waals surface area contributed by atoms with E-state index < -0.39 is 0 Å². The maximum atomic E-state index is 8.54. The standard InChI is InChI=1S/C9H11NO/c1-6-7(4-5-10)9-3-2-8(6)11-9/h2-3,6-9H,4H2,1H3/t6-,7+,8?,9-/m1/s1. The van der Waals surface area contributed by atoms with Crippen LogP contribution in [0.4, 0.5) is 0 Å². The van der Waals surface area contributed by atoms with Crippen molar-refractivity contribution in [3.63, 3.8) is 0 Å². The maximum Gasteiger partial charge on any atom is 0.0806 e. The minimum atomic E-state index is 0.231. The molecule has 0 aromatic heterocycles. The molecule has 58 valence electrons. The van der Waals surface area contributed by atoms with Gasteiger partial charge in [0.15, 0.2) is 0 Å². The first-order valence-corrected chi connectivity index (χ1v) is 4.03. The van der Waals surface area contributed by atoms with E-state index in [0.717, 1.165) is 0 Å². The highest BCUT2D eigenvalue weighted by Gasteiger charge is 2.42. The molecule has 1 fully saturated rings. The smallest absolute Gasteiger partial charge is 0.0806 e. The third kappa shape index (κ3) is 0.883. The van der Waals surface area contributed by atoms with Crippen LogP contribution in [0.25, 0.3) is 0 Å². The maximum absolute atomic E-state index is 8.54. The van der Waals surface area contributed by atoms with Gasteiger partial charge in [0.2, 0.25) is 0 Å². The van der Waals surface area contributed by atoms with E-state index in [1.807, 2.05) is 0 Å². The number of fused-ring (bicyclic) bond motifs is 2. The topological polar surface area (TPSA) is 33.0 Å². The highest BCUT2D eigenvalue weighted by atomic mass is 16.5. The Bertz CT molecular complexity index is 228. The summed E-state index contributed by atoms with van der Waals surface area (Å²) in [4.78, 5) is 0. The molecular formula is C9H11NO. The Morgan fingerprint density at radius 1 is 1.45 bits per heavy atom. The summed E-state index contributed by atoms with van der Waals surface area (Å²) in [6.07, 6.45) is 5.36. The number of nitrogens with zero attached hydrogens (tertiary/aromatic N) is 1. The van der Waals surface area contributed by atoms with Crippen LogP contribution >= 0.6 is 0 Å². The van der Waals surface area contributed by atoms with Crippen molar-refractivity contribution in [3.8, 4) is 6.07 Å². The van der Waals surface area contributed by atoms with E-state index in [-0.39, 0.29) is 6.10 Å². The lowest BCUT2D eigenvalue weighted by Crippen LogP contribution is -2.20. The molecule has 4 atom stereocenters. The Morgan fingerprint density at radius 2 is 2.18 bits per heavy atom. The summed E-state index contributed by atoms with van der Waals surface area (Å²) in [6.45, 7) is 2.16. The van der Waals surface area contributed by atoms with E-state index in [1.54, 1.807) is 0 Å². The van der Waals surface area contributed by atoms with Crippen molar-refractivity contribution in [3.05, 3.63) is 12.2 Å². The van der Waals surface area contributed by atoms with Gasteiger partial charge < -0.3 is 4.74 Å². The van der Waals surface area contributed by atoms with Crippen LogP contribution in [0.3, 0.4) is 0 Å². The van der Waals surface area contributed by atoms with E-state index in [1.165, 1.54) is 0 Å². The van der Waals surface area contributed by atoms with Crippen LogP contribution in [-0.4, -0.2) is 12.2 Å². The number of nitriles is 1. The second-order valence-electron chi connectivity index (χ2n) is 3.34. The lowest BCUT2D eigenvalue weighted by Gasteiger charge is -2.17. The molecule has 0 aromatic carbocycles. The van der Waals surface area contributed by atoms with Crippen molar-refractivity contribution in [2.24, 2.45) is 11.8 Å². The van der Waals surface area contributed by atoms with E-state index in [4.69, 9.17) is 10.00 Å². The predicted octanol–water partition coefficient (Wildman–Crippen LogP) is 1.49. The Balaban J connectivity index is 2.13. The first-order valence-electron chi connectivity index (χ1n) is 4.03. The zero-order valence-corrected chi connectivity index (χ0v) is 6.53. The summed E-state index contributed by atoms with van der Waals surface area (Å²) in [5.41, 5.74) is 0. The van der Waals surface area contributed by atoms with Crippen LogP contribution in [0.2, 0.25) is 0 Å². The molecule has 0 aliphatic carbocycles. The van der Waals surface area contributed by atoms with Crippen molar-refractivity contribution in [2.75, 3.05) is 0 Å². The van der Waals surface area contributed by atoms with E-state index >= 15 is 0 Å². The third-order valence-electron chi connectivity index (χ3n) is 2.75. The van der Waals surface area contributed by atoms with Gasteiger partial charge in [-0.05, 0) is 5.92 Å². The summed E-state index contributed by atoms with van der Waals surface area (Å²) in [7, 11) is 0. The number of ether oxygens (including phenoxy) is 1. The van der Waals surface area contributed by atoms with Crippen LogP contribution in [0.5, 0.6) is 0 Å². The summed E-state index contributed by atoms with van der Waals surface area (Å²) < 4.78 is 5.59. The molecule has 2 heteroatoms.